The Morgan fingerprint density at radius 3 is 2.75 bits per heavy atom. The minimum atomic E-state index is 0.571. The van der Waals surface area contributed by atoms with Crippen molar-refractivity contribution in [2.45, 2.75) is 13.5 Å². The Bertz CT molecular complexity index is 382. The fourth-order valence-electron chi connectivity index (χ4n) is 1.28. The number of nitrogens with zero attached hydrogens (tertiary/aromatic N) is 1. The maximum atomic E-state index is 6.10. The average Bonchev–Trinajstić information content (AvgIpc) is 2.25. The van der Waals surface area contributed by atoms with E-state index in [4.69, 9.17) is 35.4 Å². The third kappa shape index (κ3) is 3.51. The molecule has 16 heavy (non-hydrogen) atoms. The Morgan fingerprint density at radius 2 is 2.12 bits per heavy atom. The van der Waals surface area contributed by atoms with Crippen molar-refractivity contribution >= 4 is 40.5 Å². The van der Waals surface area contributed by atoms with E-state index in [0.29, 0.717) is 21.7 Å². The minimum absolute atomic E-state index is 0.571. The van der Waals surface area contributed by atoms with Gasteiger partial charge >= 0.3 is 0 Å². The highest BCUT2D eigenvalue weighted by Crippen LogP contribution is 2.26. The molecule has 1 rings (SSSR count). The lowest BCUT2D eigenvalue weighted by atomic mass is 10.2. The van der Waals surface area contributed by atoms with Gasteiger partial charge in [0.25, 0.3) is 0 Å². The van der Waals surface area contributed by atoms with Crippen LogP contribution in [0.15, 0.2) is 18.2 Å². The summed E-state index contributed by atoms with van der Waals surface area (Å²) in [6.45, 7) is 3.46. The Hall–Kier alpha value is -0.510. The zero-order valence-corrected chi connectivity index (χ0v) is 11.6. The highest BCUT2D eigenvalue weighted by atomic mass is 35.5. The molecule has 0 saturated carbocycles. The first-order valence-corrected chi connectivity index (χ1v) is 6.14. The Labute approximate surface area is 112 Å². The van der Waals surface area contributed by atoms with Crippen LogP contribution in [-0.2, 0) is 6.54 Å². The second-order valence-corrected chi connectivity index (χ2v) is 4.58. The van der Waals surface area contributed by atoms with E-state index >= 15 is 0 Å². The average molecular weight is 277 g/mol. The van der Waals surface area contributed by atoms with Crippen LogP contribution in [0.5, 0.6) is 0 Å². The summed E-state index contributed by atoms with van der Waals surface area (Å²) in [6.07, 6.45) is 0. The van der Waals surface area contributed by atoms with Gasteiger partial charge in [0.2, 0.25) is 0 Å². The van der Waals surface area contributed by atoms with E-state index in [-0.39, 0.29) is 0 Å². The van der Waals surface area contributed by atoms with E-state index in [1.54, 1.807) is 6.07 Å². The summed E-state index contributed by atoms with van der Waals surface area (Å²) in [5.74, 6) is 0. The van der Waals surface area contributed by atoms with Crippen molar-refractivity contribution in [1.29, 1.82) is 0 Å². The second kappa shape index (κ2) is 6.28. The summed E-state index contributed by atoms with van der Waals surface area (Å²) in [7, 11) is 1.92. The van der Waals surface area contributed by atoms with Crippen molar-refractivity contribution in [1.82, 2.24) is 10.2 Å². The molecule has 0 aliphatic rings. The zero-order valence-electron chi connectivity index (χ0n) is 9.26. The van der Waals surface area contributed by atoms with Gasteiger partial charge in [-0.25, -0.2) is 0 Å². The van der Waals surface area contributed by atoms with Crippen molar-refractivity contribution in [3.05, 3.63) is 33.8 Å². The molecule has 0 fully saturated rings. The molecule has 0 radical (unpaired) electrons. The fraction of sp³-hybridized carbons (Fsp3) is 0.364. The standard InChI is InChI=1S/C11H14Cl2N2S/c1-3-14-11(16)15(2)7-8-5-4-6-9(12)10(8)13/h4-6H,3,7H2,1-2H3,(H,14,16). The number of thiocarbonyl (C=S) groups is 1. The summed E-state index contributed by atoms with van der Waals surface area (Å²) >= 11 is 17.2. The lowest BCUT2D eigenvalue weighted by molar-refractivity contribution is 0.491. The molecule has 2 nitrogen and oxygen atoms in total. The van der Waals surface area contributed by atoms with E-state index in [9.17, 15) is 0 Å². The largest absolute Gasteiger partial charge is 0.363 e. The summed E-state index contributed by atoms with van der Waals surface area (Å²) in [5, 5.41) is 4.95. The lowest BCUT2D eigenvalue weighted by Gasteiger charge is -2.21. The molecule has 0 amide bonds. The minimum Gasteiger partial charge on any atom is -0.363 e. The second-order valence-electron chi connectivity index (χ2n) is 3.40. The van der Waals surface area contributed by atoms with Gasteiger partial charge in [0.15, 0.2) is 5.11 Å². The first-order chi connectivity index (χ1) is 7.56. The Kier molecular flexibility index (Phi) is 5.32. The molecule has 0 atom stereocenters. The van der Waals surface area contributed by atoms with Crippen LogP contribution in [0.4, 0.5) is 0 Å². The monoisotopic (exact) mass is 276 g/mol. The molecule has 1 aromatic carbocycles. The SMILES string of the molecule is CCNC(=S)N(C)Cc1cccc(Cl)c1Cl. The van der Waals surface area contributed by atoms with Gasteiger partial charge in [0.1, 0.15) is 0 Å². The van der Waals surface area contributed by atoms with E-state index in [1.807, 2.05) is 31.0 Å². The number of rotatable bonds is 3. The molecule has 0 aliphatic carbocycles. The highest BCUT2D eigenvalue weighted by Gasteiger charge is 2.08. The van der Waals surface area contributed by atoms with E-state index in [2.05, 4.69) is 5.32 Å². The third-order valence-electron chi connectivity index (χ3n) is 2.11. The first kappa shape index (κ1) is 13.6. The smallest absolute Gasteiger partial charge is 0.168 e. The van der Waals surface area contributed by atoms with Gasteiger partial charge in [-0.1, -0.05) is 35.3 Å². The van der Waals surface area contributed by atoms with E-state index < -0.39 is 0 Å². The van der Waals surface area contributed by atoms with Gasteiger partial charge in [0.05, 0.1) is 10.0 Å². The van der Waals surface area contributed by atoms with Crippen molar-refractivity contribution in [3.8, 4) is 0 Å². The van der Waals surface area contributed by atoms with Crippen molar-refractivity contribution in [2.24, 2.45) is 0 Å². The van der Waals surface area contributed by atoms with Crippen molar-refractivity contribution in [2.75, 3.05) is 13.6 Å². The Balaban J connectivity index is 2.73. The molecule has 0 aliphatic heterocycles. The van der Waals surface area contributed by atoms with Crippen LogP contribution in [0.1, 0.15) is 12.5 Å². The molecule has 0 aromatic heterocycles. The number of hydrogen-bond donors (Lipinski definition) is 1. The van der Waals surface area contributed by atoms with Crippen LogP contribution in [0, 0.1) is 0 Å². The van der Waals surface area contributed by atoms with Crippen LogP contribution in [-0.4, -0.2) is 23.6 Å². The molecule has 0 bridgehead atoms. The summed E-state index contributed by atoms with van der Waals surface area (Å²) in [5.41, 5.74) is 0.969. The maximum absolute atomic E-state index is 6.10. The normalized spacial score (nSPS) is 10.0. The predicted octanol–water partition coefficient (Wildman–Crippen LogP) is 3.32. The maximum Gasteiger partial charge on any atom is 0.168 e. The van der Waals surface area contributed by atoms with Crippen LogP contribution in [0.3, 0.4) is 0 Å². The number of hydrogen-bond acceptors (Lipinski definition) is 1. The quantitative estimate of drug-likeness (QED) is 0.853. The number of benzene rings is 1. The fourth-order valence-corrected chi connectivity index (χ4v) is 1.87. The molecule has 0 heterocycles. The van der Waals surface area contributed by atoms with Gasteiger partial charge in [0, 0.05) is 20.1 Å². The summed E-state index contributed by atoms with van der Waals surface area (Å²) < 4.78 is 0. The van der Waals surface area contributed by atoms with Crippen LogP contribution < -0.4 is 5.32 Å². The van der Waals surface area contributed by atoms with Crippen molar-refractivity contribution < 1.29 is 0 Å². The van der Waals surface area contributed by atoms with Gasteiger partial charge in [-0.05, 0) is 30.8 Å². The number of nitrogens with one attached hydrogen (secondary N) is 1. The van der Waals surface area contributed by atoms with E-state index in [0.717, 1.165) is 12.1 Å². The molecule has 88 valence electrons. The first-order valence-electron chi connectivity index (χ1n) is 4.98. The Morgan fingerprint density at radius 1 is 1.44 bits per heavy atom. The number of halogens is 2. The van der Waals surface area contributed by atoms with Gasteiger partial charge in [-0.3, -0.25) is 0 Å². The van der Waals surface area contributed by atoms with Crippen LogP contribution >= 0.6 is 35.4 Å². The molecular formula is C11H14Cl2N2S. The van der Waals surface area contributed by atoms with E-state index in [1.165, 1.54) is 0 Å². The summed E-state index contributed by atoms with van der Waals surface area (Å²) in [6, 6.07) is 5.60. The molecule has 5 heteroatoms. The van der Waals surface area contributed by atoms with Gasteiger partial charge < -0.3 is 10.2 Å². The lowest BCUT2D eigenvalue weighted by Crippen LogP contribution is -2.36. The van der Waals surface area contributed by atoms with Gasteiger partial charge in [-0.2, -0.15) is 0 Å². The van der Waals surface area contributed by atoms with Crippen molar-refractivity contribution in [3.63, 3.8) is 0 Å². The molecular weight excluding hydrogens is 263 g/mol. The topological polar surface area (TPSA) is 15.3 Å². The molecule has 1 N–H and O–H groups in total. The zero-order chi connectivity index (χ0) is 12.1. The molecule has 0 spiro atoms. The van der Waals surface area contributed by atoms with Crippen LogP contribution in [0.2, 0.25) is 10.0 Å². The molecule has 0 saturated heterocycles. The molecule has 0 unspecified atom stereocenters. The highest BCUT2D eigenvalue weighted by molar-refractivity contribution is 7.80. The van der Waals surface area contributed by atoms with Gasteiger partial charge in [-0.15, -0.1) is 0 Å². The predicted molar refractivity (Wildman–Crippen MR) is 74.2 cm³/mol. The molecule has 1 aromatic rings. The van der Waals surface area contributed by atoms with Crippen LogP contribution in [0.25, 0.3) is 0 Å². The summed E-state index contributed by atoms with van der Waals surface area (Å²) in [4.78, 5) is 1.93. The third-order valence-corrected chi connectivity index (χ3v) is 3.43.